The Bertz CT molecular complexity index is 1140. The number of rotatable bonds is 6. The minimum atomic E-state index is -1.00. The lowest BCUT2D eigenvalue weighted by Gasteiger charge is -2.44. The molecule has 0 fully saturated rings. The summed E-state index contributed by atoms with van der Waals surface area (Å²) in [5.74, 6) is 0.451. The number of hydrogen-bond acceptors (Lipinski definition) is 3. The molecule has 1 atom stereocenters. The minimum absolute atomic E-state index is 0.119. The maximum atomic E-state index is 13.5. The molecule has 3 aromatic rings. The molecule has 0 aliphatic carbocycles. The summed E-state index contributed by atoms with van der Waals surface area (Å²) in [5, 5.41) is 3.05. The van der Waals surface area contributed by atoms with Gasteiger partial charge >= 0.3 is 0 Å². The Kier molecular flexibility index (Phi) is 5.99. The quantitative estimate of drug-likeness (QED) is 0.638. The standard InChI is InChI=1S/C27H28N2O3/c1-19-11-13-20(14-12-19)18-29-25(30)24-10-5-4-8-22(24)16-27(29,2)26(31)28-17-21-7-6-9-23(15-21)32-3/h4-15H,16-18H2,1-3H3,(H,28,31). The zero-order chi connectivity index (χ0) is 22.7. The highest BCUT2D eigenvalue weighted by molar-refractivity contribution is 6.02. The first-order valence-corrected chi connectivity index (χ1v) is 10.8. The average molecular weight is 429 g/mol. The lowest BCUT2D eigenvalue weighted by Crippen LogP contribution is -2.62. The van der Waals surface area contributed by atoms with E-state index >= 15 is 0 Å². The van der Waals surface area contributed by atoms with Crippen LogP contribution < -0.4 is 10.1 Å². The Labute approximate surface area is 189 Å². The Hall–Kier alpha value is -3.60. The topological polar surface area (TPSA) is 58.6 Å². The van der Waals surface area contributed by atoms with Crippen LogP contribution in [-0.4, -0.2) is 29.4 Å². The van der Waals surface area contributed by atoms with Crippen molar-refractivity contribution in [2.45, 2.75) is 38.9 Å². The van der Waals surface area contributed by atoms with E-state index in [2.05, 4.69) is 5.32 Å². The van der Waals surface area contributed by atoms with Crippen LogP contribution in [0.5, 0.6) is 5.75 Å². The molecular weight excluding hydrogens is 400 g/mol. The summed E-state index contributed by atoms with van der Waals surface area (Å²) >= 11 is 0. The van der Waals surface area contributed by atoms with Crippen LogP contribution in [0.15, 0.2) is 72.8 Å². The van der Waals surface area contributed by atoms with E-state index in [1.807, 2.05) is 86.6 Å². The van der Waals surface area contributed by atoms with Gasteiger partial charge in [-0.15, -0.1) is 0 Å². The molecule has 0 bridgehead atoms. The Morgan fingerprint density at radius 3 is 2.53 bits per heavy atom. The van der Waals surface area contributed by atoms with E-state index in [1.165, 1.54) is 0 Å². The van der Waals surface area contributed by atoms with Gasteiger partial charge in [0, 0.05) is 25.1 Å². The number of carbonyl (C=O) groups is 2. The highest BCUT2D eigenvalue weighted by atomic mass is 16.5. The van der Waals surface area contributed by atoms with Gasteiger partial charge in [0.2, 0.25) is 5.91 Å². The third-order valence-corrected chi connectivity index (χ3v) is 6.16. The van der Waals surface area contributed by atoms with Crippen LogP contribution in [0, 0.1) is 6.92 Å². The molecule has 1 aliphatic rings. The molecule has 4 rings (SSSR count). The van der Waals surface area contributed by atoms with Gasteiger partial charge in [0.1, 0.15) is 11.3 Å². The van der Waals surface area contributed by atoms with E-state index in [4.69, 9.17) is 4.74 Å². The number of ether oxygens (including phenoxy) is 1. The van der Waals surface area contributed by atoms with Crippen molar-refractivity contribution in [3.05, 3.63) is 101 Å². The Morgan fingerprint density at radius 1 is 1.03 bits per heavy atom. The molecule has 5 heteroatoms. The zero-order valence-corrected chi connectivity index (χ0v) is 18.7. The van der Waals surface area contributed by atoms with Crippen molar-refractivity contribution in [1.29, 1.82) is 0 Å². The Balaban J connectivity index is 1.62. The first kappa shape index (κ1) is 21.6. The predicted molar refractivity (Wildman–Crippen MR) is 124 cm³/mol. The van der Waals surface area contributed by atoms with Crippen molar-refractivity contribution < 1.29 is 14.3 Å². The van der Waals surface area contributed by atoms with Gasteiger partial charge in [-0.2, -0.15) is 0 Å². The molecule has 0 radical (unpaired) electrons. The van der Waals surface area contributed by atoms with Crippen molar-refractivity contribution >= 4 is 11.8 Å². The van der Waals surface area contributed by atoms with Crippen LogP contribution in [0.3, 0.4) is 0 Å². The monoisotopic (exact) mass is 428 g/mol. The highest BCUT2D eigenvalue weighted by Crippen LogP contribution is 2.33. The fourth-order valence-corrected chi connectivity index (χ4v) is 4.20. The van der Waals surface area contributed by atoms with Crippen LogP contribution in [0.1, 0.15) is 39.5 Å². The summed E-state index contributed by atoms with van der Waals surface area (Å²) in [6, 6.07) is 23.2. The number of benzene rings is 3. The molecule has 1 aliphatic heterocycles. The second kappa shape index (κ2) is 8.87. The van der Waals surface area contributed by atoms with Gasteiger partial charge in [0.15, 0.2) is 0 Å². The predicted octanol–water partition coefficient (Wildman–Crippen LogP) is 4.28. The van der Waals surface area contributed by atoms with Crippen LogP contribution >= 0.6 is 0 Å². The molecule has 3 aromatic carbocycles. The minimum Gasteiger partial charge on any atom is -0.497 e. The lowest BCUT2D eigenvalue weighted by atomic mass is 9.82. The van der Waals surface area contributed by atoms with Crippen LogP contribution in [0.2, 0.25) is 0 Å². The SMILES string of the molecule is COc1cccc(CNC(=O)C2(C)Cc3ccccc3C(=O)N2Cc2ccc(C)cc2)c1. The molecule has 2 amide bonds. The number of carbonyl (C=O) groups excluding carboxylic acids is 2. The zero-order valence-electron chi connectivity index (χ0n) is 18.7. The van der Waals surface area contributed by atoms with Crippen molar-refractivity contribution in [2.24, 2.45) is 0 Å². The first-order valence-electron chi connectivity index (χ1n) is 10.8. The molecule has 164 valence electrons. The molecule has 1 N–H and O–H groups in total. The van der Waals surface area contributed by atoms with Gasteiger partial charge in [-0.25, -0.2) is 0 Å². The summed E-state index contributed by atoms with van der Waals surface area (Å²) in [6.07, 6.45) is 0.463. The first-order chi connectivity index (χ1) is 15.4. The number of nitrogens with one attached hydrogen (secondary N) is 1. The van der Waals surface area contributed by atoms with Gasteiger partial charge in [-0.05, 0) is 48.7 Å². The molecule has 0 saturated carbocycles. The third kappa shape index (κ3) is 4.24. The van der Waals surface area contributed by atoms with Gasteiger partial charge in [0.25, 0.3) is 5.91 Å². The maximum absolute atomic E-state index is 13.5. The van der Waals surface area contributed by atoms with Crippen molar-refractivity contribution in [3.8, 4) is 5.75 Å². The van der Waals surface area contributed by atoms with Gasteiger partial charge < -0.3 is 15.0 Å². The Morgan fingerprint density at radius 2 is 1.78 bits per heavy atom. The van der Waals surface area contributed by atoms with E-state index in [0.29, 0.717) is 25.1 Å². The second-order valence-corrected chi connectivity index (χ2v) is 8.52. The average Bonchev–Trinajstić information content (AvgIpc) is 2.81. The second-order valence-electron chi connectivity index (χ2n) is 8.52. The summed E-state index contributed by atoms with van der Waals surface area (Å²) in [5.41, 5.74) is 3.65. The molecule has 0 spiro atoms. The number of nitrogens with zero attached hydrogens (tertiary/aromatic N) is 1. The summed E-state index contributed by atoms with van der Waals surface area (Å²) in [7, 11) is 1.62. The van der Waals surface area contributed by atoms with E-state index in [-0.39, 0.29) is 11.8 Å². The maximum Gasteiger partial charge on any atom is 0.255 e. The molecule has 0 saturated heterocycles. The van der Waals surface area contributed by atoms with Gasteiger partial charge in [-0.1, -0.05) is 60.2 Å². The molecule has 1 unspecified atom stereocenters. The number of methoxy groups -OCH3 is 1. The molecule has 5 nitrogen and oxygen atoms in total. The molecule has 1 heterocycles. The van der Waals surface area contributed by atoms with Crippen molar-refractivity contribution in [1.82, 2.24) is 10.2 Å². The number of amides is 2. The number of aryl methyl sites for hydroxylation is 1. The van der Waals surface area contributed by atoms with E-state index in [9.17, 15) is 9.59 Å². The smallest absolute Gasteiger partial charge is 0.255 e. The van der Waals surface area contributed by atoms with E-state index in [0.717, 1.165) is 28.0 Å². The molecular formula is C27H28N2O3. The van der Waals surface area contributed by atoms with Crippen LogP contribution in [0.25, 0.3) is 0 Å². The number of fused-ring (bicyclic) bond motifs is 1. The highest BCUT2D eigenvalue weighted by Gasteiger charge is 2.46. The van der Waals surface area contributed by atoms with E-state index < -0.39 is 5.54 Å². The van der Waals surface area contributed by atoms with E-state index in [1.54, 1.807) is 12.0 Å². The molecule has 0 aromatic heterocycles. The normalized spacial score (nSPS) is 17.6. The van der Waals surface area contributed by atoms with Crippen LogP contribution in [-0.2, 0) is 24.3 Å². The van der Waals surface area contributed by atoms with Gasteiger partial charge in [0.05, 0.1) is 7.11 Å². The summed E-state index contributed by atoms with van der Waals surface area (Å²) in [4.78, 5) is 28.7. The fraction of sp³-hybridized carbons (Fsp3) is 0.259. The molecule has 32 heavy (non-hydrogen) atoms. The van der Waals surface area contributed by atoms with Crippen molar-refractivity contribution in [3.63, 3.8) is 0 Å². The third-order valence-electron chi connectivity index (χ3n) is 6.16. The largest absolute Gasteiger partial charge is 0.497 e. The van der Waals surface area contributed by atoms with Gasteiger partial charge in [-0.3, -0.25) is 9.59 Å². The number of hydrogen-bond donors (Lipinski definition) is 1. The lowest BCUT2D eigenvalue weighted by molar-refractivity contribution is -0.132. The summed E-state index contributed by atoms with van der Waals surface area (Å²) < 4.78 is 5.28. The van der Waals surface area contributed by atoms with Crippen LogP contribution in [0.4, 0.5) is 0 Å². The summed E-state index contributed by atoms with van der Waals surface area (Å²) in [6.45, 7) is 4.62. The van der Waals surface area contributed by atoms with Crippen molar-refractivity contribution in [2.75, 3.05) is 7.11 Å². The fourth-order valence-electron chi connectivity index (χ4n) is 4.20.